The number of pyridine rings is 2. The SMILES string of the molecule is Nc1ncc(-c2ccccc2)cc1C(=O)c1cccc(N2CCCNCC2)n1. The highest BCUT2D eigenvalue weighted by Crippen LogP contribution is 2.24. The van der Waals surface area contributed by atoms with Crippen molar-refractivity contribution in [2.75, 3.05) is 36.8 Å². The van der Waals surface area contributed by atoms with Gasteiger partial charge in [-0.25, -0.2) is 9.97 Å². The molecule has 3 aromatic rings. The molecular formula is C22H23N5O. The third kappa shape index (κ3) is 3.87. The molecule has 2 aromatic heterocycles. The van der Waals surface area contributed by atoms with Crippen LogP contribution in [0.25, 0.3) is 11.1 Å². The highest BCUT2D eigenvalue weighted by molar-refractivity contribution is 6.11. The fourth-order valence-corrected chi connectivity index (χ4v) is 3.38. The fourth-order valence-electron chi connectivity index (χ4n) is 3.38. The summed E-state index contributed by atoms with van der Waals surface area (Å²) in [5.41, 5.74) is 8.63. The zero-order chi connectivity index (χ0) is 19.3. The largest absolute Gasteiger partial charge is 0.383 e. The Bertz CT molecular complexity index is 966. The summed E-state index contributed by atoms with van der Waals surface area (Å²) in [6.07, 6.45) is 2.74. The average molecular weight is 373 g/mol. The van der Waals surface area contributed by atoms with E-state index in [0.29, 0.717) is 11.3 Å². The van der Waals surface area contributed by atoms with Gasteiger partial charge in [-0.2, -0.15) is 0 Å². The molecule has 3 heterocycles. The van der Waals surface area contributed by atoms with Gasteiger partial charge in [0.15, 0.2) is 0 Å². The second kappa shape index (κ2) is 8.19. The van der Waals surface area contributed by atoms with Crippen LogP contribution in [-0.2, 0) is 0 Å². The molecule has 0 radical (unpaired) electrons. The van der Waals surface area contributed by atoms with Crippen molar-refractivity contribution in [1.29, 1.82) is 0 Å². The van der Waals surface area contributed by atoms with Crippen molar-refractivity contribution in [3.63, 3.8) is 0 Å². The lowest BCUT2D eigenvalue weighted by molar-refractivity contribution is 0.103. The molecule has 1 aliphatic rings. The lowest BCUT2D eigenvalue weighted by Gasteiger charge is -2.21. The highest BCUT2D eigenvalue weighted by atomic mass is 16.1. The molecule has 0 saturated carbocycles. The van der Waals surface area contributed by atoms with Gasteiger partial charge in [0, 0.05) is 31.4 Å². The molecule has 0 spiro atoms. The number of rotatable bonds is 4. The predicted octanol–water partition coefficient (Wildman–Crippen LogP) is 2.76. The van der Waals surface area contributed by atoms with Gasteiger partial charge in [-0.05, 0) is 36.7 Å². The van der Waals surface area contributed by atoms with Gasteiger partial charge in [-0.15, -0.1) is 0 Å². The van der Waals surface area contributed by atoms with Crippen molar-refractivity contribution >= 4 is 17.4 Å². The molecule has 1 aromatic carbocycles. The number of nitrogens with two attached hydrogens (primary N) is 1. The zero-order valence-corrected chi connectivity index (χ0v) is 15.6. The molecule has 0 bridgehead atoms. The van der Waals surface area contributed by atoms with Crippen LogP contribution in [0.15, 0.2) is 60.8 Å². The van der Waals surface area contributed by atoms with E-state index in [1.807, 2.05) is 42.5 Å². The van der Waals surface area contributed by atoms with Crippen LogP contribution in [0.5, 0.6) is 0 Å². The maximum atomic E-state index is 13.1. The molecule has 1 aliphatic heterocycles. The molecule has 6 heteroatoms. The van der Waals surface area contributed by atoms with Crippen molar-refractivity contribution in [3.05, 3.63) is 72.1 Å². The van der Waals surface area contributed by atoms with Gasteiger partial charge >= 0.3 is 0 Å². The van der Waals surface area contributed by atoms with Crippen molar-refractivity contribution in [2.24, 2.45) is 0 Å². The minimum absolute atomic E-state index is 0.211. The van der Waals surface area contributed by atoms with Gasteiger partial charge in [0.2, 0.25) is 5.78 Å². The topological polar surface area (TPSA) is 84.1 Å². The predicted molar refractivity (Wildman–Crippen MR) is 111 cm³/mol. The van der Waals surface area contributed by atoms with E-state index in [0.717, 1.165) is 49.5 Å². The Kier molecular flexibility index (Phi) is 5.30. The van der Waals surface area contributed by atoms with E-state index in [1.54, 1.807) is 18.3 Å². The Balaban J connectivity index is 1.65. The molecule has 0 unspecified atom stereocenters. The van der Waals surface area contributed by atoms with Crippen LogP contribution >= 0.6 is 0 Å². The van der Waals surface area contributed by atoms with Crippen LogP contribution in [0.3, 0.4) is 0 Å². The maximum absolute atomic E-state index is 13.1. The van der Waals surface area contributed by atoms with E-state index in [1.165, 1.54) is 0 Å². The summed E-state index contributed by atoms with van der Waals surface area (Å²) in [6, 6.07) is 17.2. The molecule has 0 aliphatic carbocycles. The van der Waals surface area contributed by atoms with Crippen molar-refractivity contribution < 1.29 is 4.79 Å². The number of ketones is 1. The van der Waals surface area contributed by atoms with E-state index in [9.17, 15) is 4.79 Å². The molecule has 0 amide bonds. The van der Waals surface area contributed by atoms with Crippen LogP contribution in [-0.4, -0.2) is 41.9 Å². The number of nitrogen functional groups attached to an aromatic ring is 1. The van der Waals surface area contributed by atoms with Crippen molar-refractivity contribution in [1.82, 2.24) is 15.3 Å². The monoisotopic (exact) mass is 373 g/mol. The van der Waals surface area contributed by atoms with Gasteiger partial charge < -0.3 is 16.0 Å². The number of aromatic nitrogens is 2. The number of carbonyl (C=O) groups excluding carboxylic acids is 1. The molecule has 0 atom stereocenters. The van der Waals surface area contributed by atoms with Gasteiger partial charge in [0.05, 0.1) is 5.56 Å². The van der Waals surface area contributed by atoms with Crippen LogP contribution < -0.4 is 16.0 Å². The molecule has 1 saturated heterocycles. The lowest BCUT2D eigenvalue weighted by atomic mass is 10.0. The number of anilines is 2. The number of carbonyl (C=O) groups is 1. The first-order chi connectivity index (χ1) is 13.7. The Morgan fingerprint density at radius 1 is 1.00 bits per heavy atom. The normalized spacial score (nSPS) is 14.5. The molecule has 28 heavy (non-hydrogen) atoms. The maximum Gasteiger partial charge on any atom is 0.215 e. The van der Waals surface area contributed by atoms with Crippen LogP contribution in [0, 0.1) is 0 Å². The van der Waals surface area contributed by atoms with E-state index in [2.05, 4.69) is 20.2 Å². The van der Waals surface area contributed by atoms with Gasteiger partial charge in [-0.1, -0.05) is 36.4 Å². The number of hydrogen-bond acceptors (Lipinski definition) is 6. The minimum Gasteiger partial charge on any atom is -0.383 e. The Morgan fingerprint density at radius 2 is 1.86 bits per heavy atom. The van der Waals surface area contributed by atoms with Crippen molar-refractivity contribution in [3.8, 4) is 11.1 Å². The van der Waals surface area contributed by atoms with E-state index in [-0.39, 0.29) is 11.6 Å². The summed E-state index contributed by atoms with van der Waals surface area (Å²) in [5, 5.41) is 3.38. The number of nitrogens with one attached hydrogen (secondary N) is 1. The Morgan fingerprint density at radius 3 is 2.71 bits per heavy atom. The third-order valence-corrected chi connectivity index (χ3v) is 4.90. The molecule has 142 valence electrons. The lowest BCUT2D eigenvalue weighted by Crippen LogP contribution is -2.29. The molecule has 6 nitrogen and oxygen atoms in total. The van der Waals surface area contributed by atoms with Gasteiger partial charge in [-0.3, -0.25) is 4.79 Å². The van der Waals surface area contributed by atoms with E-state index >= 15 is 0 Å². The standard InChI is InChI=1S/C22H23N5O/c23-22-18(14-17(15-25-22)16-6-2-1-3-7-16)21(28)19-8-4-9-20(26-19)27-12-5-10-24-11-13-27/h1-4,6-9,14-15,24H,5,10-13H2,(H2,23,25). The highest BCUT2D eigenvalue weighted by Gasteiger charge is 2.18. The van der Waals surface area contributed by atoms with Crippen LogP contribution in [0.1, 0.15) is 22.5 Å². The quantitative estimate of drug-likeness (QED) is 0.684. The summed E-state index contributed by atoms with van der Waals surface area (Å²) < 4.78 is 0. The second-order valence-electron chi connectivity index (χ2n) is 6.82. The Labute approximate surface area is 164 Å². The van der Waals surface area contributed by atoms with Crippen molar-refractivity contribution in [2.45, 2.75) is 6.42 Å². The summed E-state index contributed by atoms with van der Waals surface area (Å²) in [7, 11) is 0. The first-order valence-electron chi connectivity index (χ1n) is 9.51. The van der Waals surface area contributed by atoms with Gasteiger partial charge in [0.1, 0.15) is 17.3 Å². The van der Waals surface area contributed by atoms with Crippen LogP contribution in [0.4, 0.5) is 11.6 Å². The average Bonchev–Trinajstić information content (AvgIpc) is 3.04. The smallest absolute Gasteiger partial charge is 0.215 e. The van der Waals surface area contributed by atoms with E-state index in [4.69, 9.17) is 5.73 Å². The minimum atomic E-state index is -0.211. The zero-order valence-electron chi connectivity index (χ0n) is 15.6. The van der Waals surface area contributed by atoms with Crippen LogP contribution in [0.2, 0.25) is 0 Å². The second-order valence-corrected chi connectivity index (χ2v) is 6.82. The number of benzene rings is 1. The summed E-state index contributed by atoms with van der Waals surface area (Å²) >= 11 is 0. The molecule has 3 N–H and O–H groups in total. The Hall–Kier alpha value is -3.25. The molecular weight excluding hydrogens is 350 g/mol. The van der Waals surface area contributed by atoms with E-state index < -0.39 is 0 Å². The number of nitrogens with zero attached hydrogens (tertiary/aromatic N) is 3. The summed E-state index contributed by atoms with van der Waals surface area (Å²) in [6.45, 7) is 3.71. The van der Waals surface area contributed by atoms with Gasteiger partial charge in [0.25, 0.3) is 0 Å². The summed E-state index contributed by atoms with van der Waals surface area (Å²) in [4.78, 5) is 24.2. The molecule has 4 rings (SSSR count). The third-order valence-electron chi connectivity index (χ3n) is 4.90. The molecule has 1 fully saturated rings. The summed E-state index contributed by atoms with van der Waals surface area (Å²) in [5.74, 6) is 0.828. The number of hydrogen-bond donors (Lipinski definition) is 2. The first-order valence-corrected chi connectivity index (χ1v) is 9.51. The first kappa shape index (κ1) is 18.1. The fraction of sp³-hybridized carbons (Fsp3) is 0.227.